The van der Waals surface area contributed by atoms with Gasteiger partial charge in [-0.05, 0) is 31.0 Å². The van der Waals surface area contributed by atoms with Gasteiger partial charge in [0, 0.05) is 31.2 Å². The van der Waals surface area contributed by atoms with Crippen molar-refractivity contribution in [3.8, 4) is 0 Å². The third kappa shape index (κ3) is 4.42. The first-order valence-electron chi connectivity index (χ1n) is 8.86. The summed E-state index contributed by atoms with van der Waals surface area (Å²) in [5.41, 5.74) is 0.266. The molecule has 0 aromatic heterocycles. The summed E-state index contributed by atoms with van der Waals surface area (Å²) in [4.78, 5) is 25.7. The Balaban J connectivity index is 2.30. The molecule has 1 fully saturated rings. The third-order valence-electron chi connectivity index (χ3n) is 4.56. The number of sulfonamides is 1. The van der Waals surface area contributed by atoms with E-state index in [0.717, 1.165) is 12.8 Å². The highest BCUT2D eigenvalue weighted by Gasteiger charge is 2.35. The summed E-state index contributed by atoms with van der Waals surface area (Å²) in [5, 5.41) is 9.13. The lowest BCUT2D eigenvalue weighted by molar-refractivity contribution is -0.141. The molecule has 1 aromatic rings. The van der Waals surface area contributed by atoms with Gasteiger partial charge >= 0.3 is 5.97 Å². The van der Waals surface area contributed by atoms with Gasteiger partial charge in [0.15, 0.2) is 0 Å². The Morgan fingerprint density at radius 3 is 2.35 bits per heavy atom. The predicted octanol–water partition coefficient (Wildman–Crippen LogP) is 2.04. The normalized spacial score (nSPS) is 15.7. The van der Waals surface area contributed by atoms with E-state index in [-0.39, 0.29) is 29.0 Å². The molecule has 26 heavy (non-hydrogen) atoms. The van der Waals surface area contributed by atoms with Gasteiger partial charge in [-0.1, -0.05) is 26.8 Å². The fourth-order valence-electron chi connectivity index (χ4n) is 2.83. The first kappa shape index (κ1) is 20.4. The minimum atomic E-state index is -3.66. The zero-order valence-corrected chi connectivity index (χ0v) is 16.2. The highest BCUT2D eigenvalue weighted by atomic mass is 32.2. The number of benzene rings is 1. The van der Waals surface area contributed by atoms with Crippen LogP contribution in [0.2, 0.25) is 0 Å². The number of amides is 1. The quantitative estimate of drug-likeness (QED) is 0.705. The summed E-state index contributed by atoms with van der Waals surface area (Å²) in [6.45, 7) is 5.90. The van der Waals surface area contributed by atoms with Crippen LogP contribution in [-0.4, -0.2) is 60.3 Å². The second-order valence-electron chi connectivity index (χ2n) is 6.55. The number of rotatable bonds is 9. The van der Waals surface area contributed by atoms with Crippen LogP contribution in [0.1, 0.15) is 44.0 Å². The van der Waals surface area contributed by atoms with Crippen LogP contribution < -0.4 is 0 Å². The van der Waals surface area contributed by atoms with Crippen molar-refractivity contribution in [1.29, 1.82) is 0 Å². The van der Waals surface area contributed by atoms with E-state index in [0.29, 0.717) is 13.1 Å². The summed E-state index contributed by atoms with van der Waals surface area (Å²) in [6, 6.07) is 6.02. The first-order valence-corrected chi connectivity index (χ1v) is 10.3. The number of carboxylic acid groups (broad SMARTS) is 1. The summed E-state index contributed by atoms with van der Waals surface area (Å²) >= 11 is 0. The molecule has 1 aliphatic rings. The van der Waals surface area contributed by atoms with Gasteiger partial charge in [-0.25, -0.2) is 8.42 Å². The second-order valence-corrected chi connectivity index (χ2v) is 8.48. The van der Waals surface area contributed by atoms with E-state index in [1.165, 1.54) is 16.4 Å². The van der Waals surface area contributed by atoms with E-state index in [9.17, 15) is 18.0 Å². The maximum Gasteiger partial charge on any atom is 0.308 e. The number of aliphatic carboxylic acids is 1. The smallest absolute Gasteiger partial charge is 0.308 e. The number of nitrogens with zero attached hydrogens (tertiary/aromatic N) is 2. The Bertz CT molecular complexity index is 770. The minimum Gasteiger partial charge on any atom is -0.481 e. The highest BCUT2D eigenvalue weighted by Crippen LogP contribution is 2.29. The zero-order valence-electron chi connectivity index (χ0n) is 15.4. The van der Waals surface area contributed by atoms with E-state index in [1.807, 2.05) is 0 Å². The van der Waals surface area contributed by atoms with Gasteiger partial charge in [0.1, 0.15) is 0 Å². The van der Waals surface area contributed by atoms with Crippen molar-refractivity contribution in [2.45, 2.75) is 44.6 Å². The van der Waals surface area contributed by atoms with Crippen molar-refractivity contribution in [3.05, 3.63) is 29.8 Å². The van der Waals surface area contributed by atoms with Crippen molar-refractivity contribution in [1.82, 2.24) is 9.21 Å². The number of carboxylic acids is 1. The predicted molar refractivity (Wildman–Crippen MR) is 97.4 cm³/mol. The molecule has 1 unspecified atom stereocenters. The van der Waals surface area contributed by atoms with Gasteiger partial charge in [-0.2, -0.15) is 4.31 Å². The van der Waals surface area contributed by atoms with Gasteiger partial charge in [0.05, 0.1) is 10.8 Å². The molecule has 2 rings (SSSR count). The summed E-state index contributed by atoms with van der Waals surface area (Å²) < 4.78 is 26.7. The van der Waals surface area contributed by atoms with Crippen LogP contribution in [-0.2, 0) is 14.8 Å². The molecule has 144 valence electrons. The average molecular weight is 382 g/mol. The van der Waals surface area contributed by atoms with Crippen LogP contribution in [0.15, 0.2) is 29.2 Å². The van der Waals surface area contributed by atoms with Crippen molar-refractivity contribution in [2.24, 2.45) is 5.92 Å². The lowest BCUT2D eigenvalue weighted by atomic mass is 10.1. The maximum absolute atomic E-state index is 12.9. The Morgan fingerprint density at radius 1 is 1.23 bits per heavy atom. The van der Waals surface area contributed by atoms with Crippen LogP contribution in [0.3, 0.4) is 0 Å². The molecule has 0 heterocycles. The van der Waals surface area contributed by atoms with E-state index in [4.69, 9.17) is 5.11 Å². The number of carbonyl (C=O) groups excluding carboxylic acids is 1. The van der Waals surface area contributed by atoms with Crippen molar-refractivity contribution >= 4 is 21.9 Å². The van der Waals surface area contributed by atoms with Gasteiger partial charge in [-0.15, -0.1) is 0 Å². The Kier molecular flexibility index (Phi) is 6.41. The fraction of sp³-hybridized carbons (Fsp3) is 0.556. The average Bonchev–Trinajstić information content (AvgIpc) is 3.44. The second kappa shape index (κ2) is 8.18. The fourth-order valence-corrected chi connectivity index (χ4v) is 4.33. The lowest BCUT2D eigenvalue weighted by Gasteiger charge is -2.25. The number of carbonyl (C=O) groups is 2. The molecular weight excluding hydrogens is 356 g/mol. The standard InChI is InChI=1S/C18H26N2O5S/c1-4-19(5-2)26(24,25)16-8-6-7-14(11-16)17(21)20(15-9-10-15)12-13(3)18(22)23/h6-8,11,13,15H,4-5,9-10,12H2,1-3H3,(H,22,23). The van der Waals surface area contributed by atoms with E-state index in [2.05, 4.69) is 0 Å². The monoisotopic (exact) mass is 382 g/mol. The molecule has 0 spiro atoms. The largest absolute Gasteiger partial charge is 0.481 e. The third-order valence-corrected chi connectivity index (χ3v) is 6.61. The Labute approximate surface area is 154 Å². The molecule has 1 aromatic carbocycles. The molecule has 0 aliphatic heterocycles. The lowest BCUT2D eigenvalue weighted by Crippen LogP contribution is -2.38. The molecule has 8 heteroatoms. The van der Waals surface area contributed by atoms with Crippen molar-refractivity contribution < 1.29 is 23.1 Å². The molecule has 0 radical (unpaired) electrons. The molecular formula is C18H26N2O5S. The summed E-state index contributed by atoms with van der Waals surface area (Å²) in [6.07, 6.45) is 1.69. The molecule has 1 N–H and O–H groups in total. The maximum atomic E-state index is 12.9. The van der Waals surface area contributed by atoms with Crippen LogP contribution >= 0.6 is 0 Å². The molecule has 0 bridgehead atoms. The van der Waals surface area contributed by atoms with Gasteiger partial charge in [0.2, 0.25) is 10.0 Å². The van der Waals surface area contributed by atoms with E-state index < -0.39 is 21.9 Å². The number of hydrogen-bond acceptors (Lipinski definition) is 4. The number of hydrogen-bond donors (Lipinski definition) is 1. The molecule has 7 nitrogen and oxygen atoms in total. The van der Waals surface area contributed by atoms with Gasteiger partial charge < -0.3 is 10.0 Å². The Morgan fingerprint density at radius 2 is 1.85 bits per heavy atom. The highest BCUT2D eigenvalue weighted by molar-refractivity contribution is 7.89. The van der Waals surface area contributed by atoms with Crippen LogP contribution in [0.5, 0.6) is 0 Å². The van der Waals surface area contributed by atoms with Crippen LogP contribution in [0, 0.1) is 5.92 Å². The molecule has 0 saturated heterocycles. The Hall–Kier alpha value is -1.93. The molecule has 1 saturated carbocycles. The van der Waals surface area contributed by atoms with Crippen molar-refractivity contribution in [3.63, 3.8) is 0 Å². The topological polar surface area (TPSA) is 95.0 Å². The minimum absolute atomic E-state index is 0.0346. The summed E-state index contributed by atoms with van der Waals surface area (Å²) in [5.74, 6) is -1.96. The van der Waals surface area contributed by atoms with Crippen LogP contribution in [0.4, 0.5) is 0 Å². The molecule has 1 amide bonds. The molecule has 1 aliphatic carbocycles. The first-order chi connectivity index (χ1) is 12.2. The zero-order chi connectivity index (χ0) is 19.5. The summed E-state index contributed by atoms with van der Waals surface area (Å²) in [7, 11) is -3.66. The SMILES string of the molecule is CCN(CC)S(=O)(=O)c1cccc(C(=O)N(CC(C)C(=O)O)C2CC2)c1. The van der Waals surface area contributed by atoms with E-state index >= 15 is 0 Å². The van der Waals surface area contributed by atoms with Crippen LogP contribution in [0.25, 0.3) is 0 Å². The van der Waals surface area contributed by atoms with Gasteiger partial charge in [-0.3, -0.25) is 9.59 Å². The molecule has 1 atom stereocenters. The van der Waals surface area contributed by atoms with Crippen molar-refractivity contribution in [2.75, 3.05) is 19.6 Å². The van der Waals surface area contributed by atoms with E-state index in [1.54, 1.807) is 37.8 Å². The van der Waals surface area contributed by atoms with Gasteiger partial charge in [0.25, 0.3) is 5.91 Å².